The van der Waals surface area contributed by atoms with E-state index in [2.05, 4.69) is 5.32 Å². The van der Waals surface area contributed by atoms with E-state index in [0.717, 1.165) is 11.3 Å². The van der Waals surface area contributed by atoms with Crippen molar-refractivity contribution in [3.05, 3.63) is 29.8 Å². The zero-order valence-corrected chi connectivity index (χ0v) is 11.9. The molecule has 1 amide bonds. The molecule has 0 aliphatic heterocycles. The van der Waals surface area contributed by atoms with Crippen LogP contribution in [-0.2, 0) is 14.3 Å². The van der Waals surface area contributed by atoms with Crippen LogP contribution < -0.4 is 5.32 Å². The lowest BCUT2D eigenvalue weighted by Crippen LogP contribution is -2.12. The van der Waals surface area contributed by atoms with Gasteiger partial charge in [0.15, 0.2) is 0 Å². The van der Waals surface area contributed by atoms with Crippen molar-refractivity contribution in [1.82, 2.24) is 0 Å². The van der Waals surface area contributed by atoms with Crippen LogP contribution in [0.3, 0.4) is 0 Å². The van der Waals surface area contributed by atoms with Crippen molar-refractivity contribution in [3.8, 4) is 0 Å². The topological polar surface area (TPSA) is 75.6 Å². The zero-order chi connectivity index (χ0) is 15.0. The van der Waals surface area contributed by atoms with Crippen LogP contribution in [0, 0.1) is 0 Å². The molecule has 0 aliphatic rings. The Kier molecular flexibility index (Phi) is 6.73. The predicted octanol–water partition coefficient (Wildman–Crippen LogP) is 2.63. The van der Waals surface area contributed by atoms with Gasteiger partial charge in [0.1, 0.15) is 0 Å². The minimum atomic E-state index is -0.812. The third kappa shape index (κ3) is 5.84. The fourth-order valence-corrected chi connectivity index (χ4v) is 1.88. The van der Waals surface area contributed by atoms with Crippen molar-refractivity contribution in [2.24, 2.45) is 0 Å². The summed E-state index contributed by atoms with van der Waals surface area (Å²) < 4.78 is 4.89. The van der Waals surface area contributed by atoms with Crippen molar-refractivity contribution >= 4 is 17.6 Å². The Morgan fingerprint density at radius 2 is 1.95 bits per heavy atom. The second kappa shape index (κ2) is 8.32. The average Bonchev–Trinajstić information content (AvgIpc) is 2.39. The highest BCUT2D eigenvalue weighted by atomic mass is 16.5. The minimum absolute atomic E-state index is 0.0426. The molecule has 5 nitrogen and oxygen atoms in total. The van der Waals surface area contributed by atoms with Gasteiger partial charge in [-0.2, -0.15) is 0 Å². The molecule has 0 aliphatic carbocycles. The average molecular weight is 279 g/mol. The predicted molar refractivity (Wildman–Crippen MR) is 76.8 cm³/mol. The highest BCUT2D eigenvalue weighted by molar-refractivity contribution is 5.90. The fourth-order valence-electron chi connectivity index (χ4n) is 1.88. The second-order valence-electron chi connectivity index (χ2n) is 4.77. The molecule has 0 aromatic heterocycles. The van der Waals surface area contributed by atoms with E-state index in [1.807, 2.05) is 19.1 Å². The van der Waals surface area contributed by atoms with Gasteiger partial charge in [-0.25, -0.2) is 0 Å². The zero-order valence-electron chi connectivity index (χ0n) is 11.9. The highest BCUT2D eigenvalue weighted by Crippen LogP contribution is 2.21. The van der Waals surface area contributed by atoms with Crippen molar-refractivity contribution in [1.29, 1.82) is 0 Å². The fraction of sp³-hybridized carbons (Fsp3) is 0.467. The number of ether oxygens (including phenoxy) is 1. The van der Waals surface area contributed by atoms with E-state index in [4.69, 9.17) is 9.84 Å². The van der Waals surface area contributed by atoms with Gasteiger partial charge in [0.05, 0.1) is 6.42 Å². The molecule has 0 radical (unpaired) electrons. The maximum Gasteiger partial charge on any atom is 0.303 e. The number of amides is 1. The largest absolute Gasteiger partial charge is 0.481 e. The minimum Gasteiger partial charge on any atom is -0.481 e. The van der Waals surface area contributed by atoms with Crippen molar-refractivity contribution in [3.63, 3.8) is 0 Å². The van der Waals surface area contributed by atoms with Gasteiger partial charge in [-0.15, -0.1) is 0 Å². The van der Waals surface area contributed by atoms with Crippen LogP contribution in [0.4, 0.5) is 5.69 Å². The first kappa shape index (κ1) is 16.2. The Morgan fingerprint density at radius 1 is 1.30 bits per heavy atom. The van der Waals surface area contributed by atoms with E-state index in [0.29, 0.717) is 19.4 Å². The first-order chi connectivity index (χ1) is 9.52. The first-order valence-corrected chi connectivity index (χ1v) is 6.63. The molecule has 0 fully saturated rings. The van der Waals surface area contributed by atoms with Crippen LogP contribution in [-0.4, -0.2) is 30.7 Å². The summed E-state index contributed by atoms with van der Waals surface area (Å²) in [6, 6.07) is 7.28. The van der Waals surface area contributed by atoms with Crippen LogP contribution in [0.25, 0.3) is 0 Å². The monoisotopic (exact) mass is 279 g/mol. The van der Waals surface area contributed by atoms with E-state index in [9.17, 15) is 9.59 Å². The van der Waals surface area contributed by atoms with Crippen LogP contribution in [0.5, 0.6) is 0 Å². The number of hydrogen-bond donors (Lipinski definition) is 2. The highest BCUT2D eigenvalue weighted by Gasteiger charge is 2.10. The van der Waals surface area contributed by atoms with E-state index in [-0.39, 0.29) is 18.2 Å². The summed E-state index contributed by atoms with van der Waals surface area (Å²) >= 11 is 0. The normalized spacial score (nSPS) is 11.9. The number of carbonyl (C=O) groups is 2. The third-order valence-electron chi connectivity index (χ3n) is 3.00. The number of methoxy groups -OCH3 is 1. The molecule has 0 bridgehead atoms. The third-order valence-corrected chi connectivity index (χ3v) is 3.00. The number of nitrogens with one attached hydrogen (secondary N) is 1. The number of rotatable bonds is 8. The number of carboxylic acid groups (broad SMARTS) is 1. The number of carbonyl (C=O) groups excluding carboxylic acids is 1. The molecule has 20 heavy (non-hydrogen) atoms. The maximum atomic E-state index is 11.6. The Morgan fingerprint density at radius 3 is 2.50 bits per heavy atom. The van der Waals surface area contributed by atoms with Gasteiger partial charge >= 0.3 is 5.97 Å². The molecule has 0 saturated carbocycles. The number of hydrogen-bond acceptors (Lipinski definition) is 3. The Balaban J connectivity index is 2.49. The quantitative estimate of drug-likeness (QED) is 0.717. The molecule has 5 heteroatoms. The summed E-state index contributed by atoms with van der Waals surface area (Å²) in [5.74, 6) is -0.902. The van der Waals surface area contributed by atoms with E-state index in [1.165, 1.54) is 0 Å². The lowest BCUT2D eigenvalue weighted by atomic mass is 9.98. The second-order valence-corrected chi connectivity index (χ2v) is 4.77. The van der Waals surface area contributed by atoms with Crippen LogP contribution in [0.2, 0.25) is 0 Å². The molecule has 0 heterocycles. The number of benzene rings is 1. The van der Waals surface area contributed by atoms with Crippen LogP contribution >= 0.6 is 0 Å². The number of aliphatic carboxylic acids is 1. The summed E-state index contributed by atoms with van der Waals surface area (Å²) in [5, 5.41) is 11.6. The lowest BCUT2D eigenvalue weighted by Gasteiger charge is -2.10. The Labute approximate surface area is 118 Å². The number of carboxylic acids is 1. The molecule has 1 aromatic rings. The molecule has 1 rings (SSSR count). The van der Waals surface area contributed by atoms with Crippen molar-refractivity contribution in [2.75, 3.05) is 19.0 Å². The smallest absolute Gasteiger partial charge is 0.303 e. The van der Waals surface area contributed by atoms with Crippen LogP contribution in [0.1, 0.15) is 37.7 Å². The molecule has 110 valence electrons. The summed E-state index contributed by atoms with van der Waals surface area (Å²) in [5.41, 5.74) is 1.67. The maximum absolute atomic E-state index is 11.6. The summed E-state index contributed by atoms with van der Waals surface area (Å²) in [4.78, 5) is 22.3. The first-order valence-electron chi connectivity index (χ1n) is 6.63. The van der Waals surface area contributed by atoms with E-state index >= 15 is 0 Å². The molecule has 2 N–H and O–H groups in total. The molecule has 0 spiro atoms. The Hall–Kier alpha value is -1.88. The number of anilines is 1. The molecule has 0 saturated heterocycles. The van der Waals surface area contributed by atoms with Gasteiger partial charge in [-0.1, -0.05) is 19.1 Å². The summed E-state index contributed by atoms with van der Waals surface area (Å²) in [7, 11) is 1.61. The van der Waals surface area contributed by atoms with Crippen LogP contribution in [0.15, 0.2) is 24.3 Å². The molecule has 1 atom stereocenters. The molecule has 1 aromatic carbocycles. The SMILES string of the molecule is COCCCC(=O)Nc1ccc(C(C)CC(=O)O)cc1. The van der Waals surface area contributed by atoms with Gasteiger partial charge in [0, 0.05) is 25.8 Å². The molecular formula is C15H21NO4. The van der Waals surface area contributed by atoms with Crippen molar-refractivity contribution < 1.29 is 19.4 Å². The summed E-state index contributed by atoms with van der Waals surface area (Å²) in [6.45, 7) is 2.44. The van der Waals surface area contributed by atoms with Crippen molar-refractivity contribution in [2.45, 2.75) is 32.1 Å². The van der Waals surface area contributed by atoms with E-state index in [1.54, 1.807) is 19.2 Å². The molecule has 1 unspecified atom stereocenters. The van der Waals surface area contributed by atoms with Gasteiger partial charge in [-0.3, -0.25) is 9.59 Å². The molecular weight excluding hydrogens is 258 g/mol. The van der Waals surface area contributed by atoms with Gasteiger partial charge < -0.3 is 15.2 Å². The standard InChI is InChI=1S/C15H21NO4/c1-11(10-15(18)19)12-5-7-13(8-6-12)16-14(17)4-3-9-20-2/h5-8,11H,3-4,9-10H2,1-2H3,(H,16,17)(H,18,19). The Bertz CT molecular complexity index is 442. The summed E-state index contributed by atoms with van der Waals surface area (Å²) in [6.07, 6.45) is 1.21. The van der Waals surface area contributed by atoms with Gasteiger partial charge in [0.25, 0.3) is 0 Å². The van der Waals surface area contributed by atoms with Gasteiger partial charge in [-0.05, 0) is 30.0 Å². The van der Waals surface area contributed by atoms with Gasteiger partial charge in [0.2, 0.25) is 5.91 Å². The lowest BCUT2D eigenvalue weighted by molar-refractivity contribution is -0.137. The van der Waals surface area contributed by atoms with E-state index < -0.39 is 5.97 Å².